The van der Waals surface area contributed by atoms with E-state index in [1.807, 2.05) is 0 Å². The van der Waals surface area contributed by atoms with Gasteiger partial charge in [-0.2, -0.15) is 13.2 Å². The molecular formula is C10H19F3N2. The number of hydrogen-bond acceptors (Lipinski definition) is 2. The Labute approximate surface area is 88.8 Å². The van der Waals surface area contributed by atoms with Gasteiger partial charge >= 0.3 is 6.18 Å². The van der Waals surface area contributed by atoms with Crippen molar-refractivity contribution in [3.63, 3.8) is 0 Å². The molecule has 1 heterocycles. The molecule has 1 aliphatic rings. The molecule has 0 bridgehead atoms. The van der Waals surface area contributed by atoms with E-state index in [4.69, 9.17) is 0 Å². The number of hydrogen-bond donors (Lipinski definition) is 1. The zero-order valence-electron chi connectivity index (χ0n) is 9.11. The van der Waals surface area contributed by atoms with Crippen LogP contribution in [0.5, 0.6) is 0 Å². The first-order valence-electron chi connectivity index (χ1n) is 5.54. The maximum Gasteiger partial charge on any atom is 0.401 e. The van der Waals surface area contributed by atoms with Gasteiger partial charge in [-0.15, -0.1) is 0 Å². The SMILES string of the molecule is CCN1CCCC(NCC(F)(F)F)CC1. The van der Waals surface area contributed by atoms with E-state index in [9.17, 15) is 13.2 Å². The van der Waals surface area contributed by atoms with Gasteiger partial charge in [-0.1, -0.05) is 6.92 Å². The summed E-state index contributed by atoms with van der Waals surface area (Å²) in [7, 11) is 0. The van der Waals surface area contributed by atoms with Gasteiger partial charge in [-0.05, 0) is 38.9 Å². The molecule has 1 aliphatic heterocycles. The topological polar surface area (TPSA) is 15.3 Å². The molecule has 1 N–H and O–H groups in total. The second kappa shape index (κ2) is 5.70. The maximum atomic E-state index is 12.0. The predicted octanol–water partition coefficient (Wildman–Crippen LogP) is 2.01. The number of halogens is 3. The van der Waals surface area contributed by atoms with Crippen LogP contribution in [0.1, 0.15) is 26.2 Å². The highest BCUT2D eigenvalue weighted by atomic mass is 19.4. The van der Waals surface area contributed by atoms with E-state index in [1.54, 1.807) is 0 Å². The van der Waals surface area contributed by atoms with Gasteiger partial charge < -0.3 is 10.2 Å². The van der Waals surface area contributed by atoms with Crippen LogP contribution in [0.3, 0.4) is 0 Å². The van der Waals surface area contributed by atoms with Crippen LogP contribution in [-0.2, 0) is 0 Å². The van der Waals surface area contributed by atoms with Crippen LogP contribution in [0.2, 0.25) is 0 Å². The largest absolute Gasteiger partial charge is 0.401 e. The molecule has 0 aromatic rings. The monoisotopic (exact) mass is 224 g/mol. The standard InChI is InChI=1S/C10H19F3N2/c1-2-15-6-3-4-9(5-7-15)14-8-10(11,12)13/h9,14H,2-8H2,1H3. The quantitative estimate of drug-likeness (QED) is 0.789. The van der Waals surface area contributed by atoms with Gasteiger partial charge in [0.15, 0.2) is 0 Å². The summed E-state index contributed by atoms with van der Waals surface area (Å²) < 4.78 is 35.9. The maximum absolute atomic E-state index is 12.0. The van der Waals surface area contributed by atoms with Crippen molar-refractivity contribution in [3.05, 3.63) is 0 Å². The number of nitrogens with one attached hydrogen (secondary N) is 1. The minimum atomic E-state index is -4.09. The Hall–Kier alpha value is -0.290. The average Bonchev–Trinajstić information content (AvgIpc) is 2.38. The first-order chi connectivity index (χ1) is 7.01. The van der Waals surface area contributed by atoms with E-state index in [-0.39, 0.29) is 6.04 Å². The molecule has 0 amide bonds. The van der Waals surface area contributed by atoms with Gasteiger partial charge in [-0.25, -0.2) is 0 Å². The molecule has 0 saturated carbocycles. The third-order valence-electron chi connectivity index (χ3n) is 2.86. The van der Waals surface area contributed by atoms with Crippen LogP contribution in [0.25, 0.3) is 0 Å². The fourth-order valence-electron chi connectivity index (χ4n) is 1.94. The number of alkyl halides is 3. The van der Waals surface area contributed by atoms with Gasteiger partial charge in [0.05, 0.1) is 6.54 Å². The molecule has 1 fully saturated rings. The van der Waals surface area contributed by atoms with Crippen molar-refractivity contribution >= 4 is 0 Å². The van der Waals surface area contributed by atoms with Crippen molar-refractivity contribution in [2.24, 2.45) is 0 Å². The highest BCUT2D eigenvalue weighted by molar-refractivity contribution is 4.75. The van der Waals surface area contributed by atoms with Crippen molar-refractivity contribution < 1.29 is 13.2 Å². The molecule has 5 heteroatoms. The van der Waals surface area contributed by atoms with Crippen LogP contribution in [-0.4, -0.2) is 43.3 Å². The minimum Gasteiger partial charge on any atom is -0.306 e. The summed E-state index contributed by atoms with van der Waals surface area (Å²) in [5.41, 5.74) is 0. The van der Waals surface area contributed by atoms with Crippen LogP contribution in [0.4, 0.5) is 13.2 Å². The van der Waals surface area contributed by atoms with Gasteiger partial charge in [0.25, 0.3) is 0 Å². The lowest BCUT2D eigenvalue weighted by Crippen LogP contribution is -2.37. The summed E-state index contributed by atoms with van der Waals surface area (Å²) in [5, 5.41) is 2.59. The molecule has 1 saturated heterocycles. The van der Waals surface area contributed by atoms with Crippen molar-refractivity contribution in [1.82, 2.24) is 10.2 Å². The zero-order valence-corrected chi connectivity index (χ0v) is 9.11. The van der Waals surface area contributed by atoms with E-state index in [1.165, 1.54) is 0 Å². The third kappa shape index (κ3) is 5.37. The Morgan fingerprint density at radius 2 is 2.00 bits per heavy atom. The smallest absolute Gasteiger partial charge is 0.306 e. The summed E-state index contributed by atoms with van der Waals surface area (Å²) in [6, 6.07) is 0.0307. The molecule has 15 heavy (non-hydrogen) atoms. The lowest BCUT2D eigenvalue weighted by molar-refractivity contribution is -0.126. The van der Waals surface area contributed by atoms with Crippen molar-refractivity contribution in [2.75, 3.05) is 26.2 Å². The average molecular weight is 224 g/mol. The van der Waals surface area contributed by atoms with Crippen molar-refractivity contribution in [2.45, 2.75) is 38.4 Å². The van der Waals surface area contributed by atoms with Crippen LogP contribution >= 0.6 is 0 Å². The first-order valence-corrected chi connectivity index (χ1v) is 5.54. The molecule has 0 aromatic heterocycles. The molecule has 2 nitrogen and oxygen atoms in total. The van der Waals surface area contributed by atoms with Crippen LogP contribution < -0.4 is 5.32 Å². The molecule has 0 radical (unpaired) electrons. The highest BCUT2D eigenvalue weighted by Gasteiger charge is 2.28. The Bertz CT molecular complexity index is 182. The number of rotatable bonds is 3. The minimum absolute atomic E-state index is 0.0307. The lowest BCUT2D eigenvalue weighted by atomic mass is 10.1. The van der Waals surface area contributed by atoms with Crippen molar-refractivity contribution in [1.29, 1.82) is 0 Å². The first kappa shape index (κ1) is 12.8. The molecule has 0 aromatic carbocycles. The summed E-state index contributed by atoms with van der Waals surface area (Å²) in [4.78, 5) is 2.29. The lowest BCUT2D eigenvalue weighted by Gasteiger charge is -2.19. The zero-order chi connectivity index (χ0) is 11.3. The molecule has 1 unspecified atom stereocenters. The Morgan fingerprint density at radius 3 is 2.60 bits per heavy atom. The highest BCUT2D eigenvalue weighted by Crippen LogP contribution is 2.15. The molecule has 0 aliphatic carbocycles. The van der Waals surface area contributed by atoms with E-state index in [0.29, 0.717) is 0 Å². The van der Waals surface area contributed by atoms with E-state index < -0.39 is 12.7 Å². The van der Waals surface area contributed by atoms with Crippen molar-refractivity contribution in [3.8, 4) is 0 Å². The van der Waals surface area contributed by atoms with E-state index in [2.05, 4.69) is 17.1 Å². The van der Waals surface area contributed by atoms with Gasteiger partial charge in [0.2, 0.25) is 0 Å². The van der Waals surface area contributed by atoms with Crippen LogP contribution in [0.15, 0.2) is 0 Å². The Kier molecular flexibility index (Phi) is 4.86. The van der Waals surface area contributed by atoms with Crippen LogP contribution in [0, 0.1) is 0 Å². The normalized spacial score (nSPS) is 25.2. The second-order valence-corrected chi connectivity index (χ2v) is 4.06. The molecule has 90 valence electrons. The molecule has 0 spiro atoms. The Balaban J connectivity index is 2.25. The summed E-state index contributed by atoms with van der Waals surface area (Å²) in [6.07, 6.45) is -1.42. The summed E-state index contributed by atoms with van der Waals surface area (Å²) >= 11 is 0. The fourth-order valence-corrected chi connectivity index (χ4v) is 1.94. The molecule has 1 atom stereocenters. The predicted molar refractivity (Wildman–Crippen MR) is 53.8 cm³/mol. The van der Waals surface area contributed by atoms with E-state index >= 15 is 0 Å². The summed E-state index contributed by atoms with van der Waals surface area (Å²) in [5.74, 6) is 0. The Morgan fingerprint density at radius 1 is 1.27 bits per heavy atom. The molecular weight excluding hydrogens is 205 g/mol. The number of nitrogens with zero attached hydrogens (tertiary/aromatic N) is 1. The number of likely N-dealkylation sites (tertiary alicyclic amines) is 1. The van der Waals surface area contributed by atoms with E-state index in [0.717, 1.165) is 38.9 Å². The van der Waals surface area contributed by atoms with Gasteiger partial charge in [0, 0.05) is 6.04 Å². The fraction of sp³-hybridized carbons (Fsp3) is 1.00. The molecule has 1 rings (SSSR count). The summed E-state index contributed by atoms with van der Waals surface area (Å²) in [6.45, 7) is 4.14. The second-order valence-electron chi connectivity index (χ2n) is 4.06. The van der Waals surface area contributed by atoms with Gasteiger partial charge in [0.1, 0.15) is 0 Å². The third-order valence-corrected chi connectivity index (χ3v) is 2.86. The van der Waals surface area contributed by atoms with Gasteiger partial charge in [-0.3, -0.25) is 0 Å².